The van der Waals surface area contributed by atoms with Crippen LogP contribution < -0.4 is 10.3 Å². The van der Waals surface area contributed by atoms with Crippen molar-refractivity contribution in [3.63, 3.8) is 0 Å². The second-order valence-corrected chi connectivity index (χ2v) is 7.09. The molecule has 4 rings (SSSR count). The minimum atomic E-state index is -0.811. The van der Waals surface area contributed by atoms with Crippen LogP contribution in [0.15, 0.2) is 77.2 Å². The van der Waals surface area contributed by atoms with Crippen molar-refractivity contribution in [3.8, 4) is 16.9 Å². The molecule has 1 atom stereocenters. The fraction of sp³-hybridized carbons (Fsp3) is 0.143. The molecule has 0 spiro atoms. The van der Waals surface area contributed by atoms with E-state index < -0.39 is 6.10 Å². The Labute approximate surface area is 160 Å². The molecule has 1 N–H and O–H groups in total. The summed E-state index contributed by atoms with van der Waals surface area (Å²) < 4.78 is 7.08. The molecular weight excluding hydrogens is 360 g/mol. The molecule has 2 heterocycles. The molecule has 0 fully saturated rings. The van der Waals surface area contributed by atoms with E-state index in [9.17, 15) is 9.90 Å². The summed E-state index contributed by atoms with van der Waals surface area (Å²) in [6.07, 6.45) is 0.661. The molecule has 0 saturated carbocycles. The Morgan fingerprint density at radius 3 is 2.56 bits per heavy atom. The average Bonchev–Trinajstić information content (AvgIpc) is 3.19. The fourth-order valence-corrected chi connectivity index (χ4v) is 3.59. The van der Waals surface area contributed by atoms with E-state index in [1.807, 2.05) is 47.8 Å². The molecule has 5 nitrogen and oxygen atoms in total. The summed E-state index contributed by atoms with van der Waals surface area (Å²) in [6, 6.07) is 19.6. The number of rotatable bonds is 6. The van der Waals surface area contributed by atoms with Gasteiger partial charge in [-0.3, -0.25) is 9.36 Å². The molecule has 27 heavy (non-hydrogen) atoms. The second kappa shape index (κ2) is 7.73. The van der Waals surface area contributed by atoms with Crippen molar-refractivity contribution in [3.05, 3.63) is 82.7 Å². The summed E-state index contributed by atoms with van der Waals surface area (Å²) >= 11 is 1.42. The highest BCUT2D eigenvalue weighted by Gasteiger charge is 2.11. The van der Waals surface area contributed by atoms with Crippen LogP contribution >= 0.6 is 11.3 Å². The lowest BCUT2D eigenvalue weighted by atomic mass is 10.1. The number of benzene rings is 2. The molecule has 2 aromatic heterocycles. The number of aliphatic hydroxyl groups is 1. The Kier molecular flexibility index (Phi) is 5.00. The zero-order chi connectivity index (χ0) is 18.6. The summed E-state index contributed by atoms with van der Waals surface area (Å²) in [5.74, 6) is 0.674. The summed E-state index contributed by atoms with van der Waals surface area (Å²) in [6.45, 7) is 0.235. The summed E-state index contributed by atoms with van der Waals surface area (Å²) in [7, 11) is 0. The van der Waals surface area contributed by atoms with Crippen LogP contribution in [0.1, 0.15) is 0 Å². The van der Waals surface area contributed by atoms with Gasteiger partial charge in [0.2, 0.25) is 0 Å². The van der Waals surface area contributed by atoms with Crippen LogP contribution in [0.4, 0.5) is 0 Å². The highest BCUT2D eigenvalue weighted by atomic mass is 32.1. The van der Waals surface area contributed by atoms with Crippen LogP contribution in [0.2, 0.25) is 0 Å². The molecule has 136 valence electrons. The number of aromatic nitrogens is 2. The van der Waals surface area contributed by atoms with Crippen molar-refractivity contribution in [1.29, 1.82) is 0 Å². The molecule has 0 saturated heterocycles. The molecule has 2 aromatic carbocycles. The lowest BCUT2D eigenvalue weighted by molar-refractivity contribution is 0.0915. The Bertz CT molecular complexity index is 1090. The van der Waals surface area contributed by atoms with Crippen molar-refractivity contribution in [2.75, 3.05) is 6.61 Å². The molecule has 0 aliphatic carbocycles. The smallest absolute Gasteiger partial charge is 0.262 e. The van der Waals surface area contributed by atoms with E-state index in [4.69, 9.17) is 4.74 Å². The molecule has 4 aromatic rings. The first kappa shape index (κ1) is 17.5. The number of fused-ring (bicyclic) bond motifs is 1. The maximum atomic E-state index is 12.3. The van der Waals surface area contributed by atoms with E-state index in [-0.39, 0.29) is 18.7 Å². The van der Waals surface area contributed by atoms with Crippen LogP contribution in [0, 0.1) is 0 Å². The Morgan fingerprint density at radius 2 is 1.78 bits per heavy atom. The molecule has 1 unspecified atom stereocenters. The topological polar surface area (TPSA) is 64.4 Å². The highest BCUT2D eigenvalue weighted by molar-refractivity contribution is 7.16. The number of aliphatic hydroxyl groups excluding tert-OH is 1. The number of thiophene rings is 1. The normalized spacial score (nSPS) is 12.2. The van der Waals surface area contributed by atoms with E-state index in [0.717, 1.165) is 11.1 Å². The van der Waals surface area contributed by atoms with Crippen LogP contribution in [-0.2, 0) is 6.54 Å². The van der Waals surface area contributed by atoms with Gasteiger partial charge in [-0.25, -0.2) is 4.98 Å². The first-order valence-corrected chi connectivity index (χ1v) is 9.47. The van der Waals surface area contributed by atoms with Gasteiger partial charge in [-0.1, -0.05) is 42.5 Å². The van der Waals surface area contributed by atoms with Gasteiger partial charge in [-0.2, -0.15) is 0 Å². The number of nitrogens with zero attached hydrogens (tertiary/aromatic N) is 2. The molecule has 0 radical (unpaired) electrons. The van der Waals surface area contributed by atoms with E-state index in [0.29, 0.717) is 16.0 Å². The van der Waals surface area contributed by atoms with Crippen molar-refractivity contribution in [2.24, 2.45) is 0 Å². The molecular formula is C21H18N2O3S. The van der Waals surface area contributed by atoms with Crippen molar-refractivity contribution < 1.29 is 9.84 Å². The Hall–Kier alpha value is -2.96. The van der Waals surface area contributed by atoms with E-state index in [2.05, 4.69) is 17.1 Å². The van der Waals surface area contributed by atoms with E-state index in [1.54, 1.807) is 6.07 Å². The van der Waals surface area contributed by atoms with Crippen LogP contribution in [-0.4, -0.2) is 27.4 Å². The maximum Gasteiger partial charge on any atom is 0.262 e. The number of hydrogen-bond acceptors (Lipinski definition) is 5. The molecule has 0 amide bonds. The summed E-state index contributed by atoms with van der Waals surface area (Å²) in [4.78, 5) is 17.3. The van der Waals surface area contributed by atoms with Gasteiger partial charge in [0.15, 0.2) is 0 Å². The van der Waals surface area contributed by atoms with Crippen molar-refractivity contribution >= 4 is 21.6 Å². The van der Waals surface area contributed by atoms with Gasteiger partial charge in [-0.05, 0) is 34.7 Å². The van der Waals surface area contributed by atoms with Crippen LogP contribution in [0.25, 0.3) is 21.3 Å². The maximum absolute atomic E-state index is 12.3. The SMILES string of the molecule is O=c1c2ccsc2ncn1CC(O)COc1ccc(-c2ccccc2)cc1. The third kappa shape index (κ3) is 3.92. The third-order valence-corrected chi connectivity index (χ3v) is 5.08. The molecule has 0 aliphatic heterocycles. The largest absolute Gasteiger partial charge is 0.491 e. The monoisotopic (exact) mass is 378 g/mol. The Balaban J connectivity index is 1.38. The minimum Gasteiger partial charge on any atom is -0.491 e. The van der Waals surface area contributed by atoms with E-state index in [1.165, 1.54) is 22.2 Å². The van der Waals surface area contributed by atoms with Gasteiger partial charge in [0, 0.05) is 0 Å². The average molecular weight is 378 g/mol. The fourth-order valence-electron chi connectivity index (χ4n) is 2.87. The summed E-state index contributed by atoms with van der Waals surface area (Å²) in [5.41, 5.74) is 2.09. The predicted octanol–water partition coefficient (Wildman–Crippen LogP) is 3.56. The third-order valence-electron chi connectivity index (χ3n) is 4.26. The van der Waals surface area contributed by atoms with Crippen molar-refractivity contribution in [1.82, 2.24) is 9.55 Å². The predicted molar refractivity (Wildman–Crippen MR) is 107 cm³/mol. The Morgan fingerprint density at radius 1 is 1.04 bits per heavy atom. The van der Waals surface area contributed by atoms with Crippen LogP contribution in [0.3, 0.4) is 0 Å². The zero-order valence-electron chi connectivity index (χ0n) is 14.5. The summed E-state index contributed by atoms with van der Waals surface area (Å²) in [5, 5.41) is 12.6. The number of hydrogen-bond donors (Lipinski definition) is 1. The number of ether oxygens (including phenoxy) is 1. The van der Waals surface area contributed by atoms with Gasteiger partial charge < -0.3 is 9.84 Å². The molecule has 6 heteroatoms. The van der Waals surface area contributed by atoms with Crippen LogP contribution in [0.5, 0.6) is 5.75 Å². The molecule has 0 aliphatic rings. The first-order valence-electron chi connectivity index (χ1n) is 8.60. The van der Waals surface area contributed by atoms with Gasteiger partial charge >= 0.3 is 0 Å². The minimum absolute atomic E-state index is 0.0960. The lowest BCUT2D eigenvalue weighted by Crippen LogP contribution is -2.30. The second-order valence-electron chi connectivity index (χ2n) is 6.20. The lowest BCUT2D eigenvalue weighted by Gasteiger charge is -2.14. The first-order chi connectivity index (χ1) is 13.2. The van der Waals surface area contributed by atoms with Gasteiger partial charge in [0.1, 0.15) is 23.3 Å². The van der Waals surface area contributed by atoms with E-state index >= 15 is 0 Å². The quantitative estimate of drug-likeness (QED) is 0.557. The van der Waals surface area contributed by atoms with Gasteiger partial charge in [0.05, 0.1) is 18.3 Å². The van der Waals surface area contributed by atoms with Crippen molar-refractivity contribution in [2.45, 2.75) is 12.6 Å². The standard InChI is InChI=1S/C21H18N2O3S/c24-17(12-23-14-22-20-19(21(23)25)10-11-27-20)13-26-18-8-6-16(7-9-18)15-4-2-1-3-5-15/h1-11,14,17,24H,12-13H2. The molecule has 0 bridgehead atoms. The van der Waals surface area contributed by atoms with Gasteiger partial charge in [0.25, 0.3) is 5.56 Å². The highest BCUT2D eigenvalue weighted by Crippen LogP contribution is 2.22. The van der Waals surface area contributed by atoms with Gasteiger partial charge in [-0.15, -0.1) is 11.3 Å². The zero-order valence-corrected chi connectivity index (χ0v) is 15.3.